The smallest absolute Gasteiger partial charge is 0.238 e. The van der Waals surface area contributed by atoms with E-state index in [1.165, 1.54) is 54.6 Å². The Bertz CT molecular complexity index is 1580. The predicted molar refractivity (Wildman–Crippen MR) is 138 cm³/mol. The number of hydrogen-bond donors (Lipinski definition) is 1. The molecule has 0 unspecified atom stereocenters. The van der Waals surface area contributed by atoms with Crippen LogP contribution in [0.15, 0.2) is 76.0 Å². The number of methoxy groups -OCH3 is 1. The van der Waals surface area contributed by atoms with E-state index in [0.29, 0.717) is 48.4 Å². The van der Waals surface area contributed by atoms with E-state index >= 15 is 0 Å². The molecule has 0 aliphatic carbocycles. The van der Waals surface area contributed by atoms with Crippen LogP contribution >= 0.6 is 0 Å². The number of nitrogens with zero attached hydrogens (tertiary/aromatic N) is 1. The van der Waals surface area contributed by atoms with Gasteiger partial charge in [-0.25, -0.2) is 27.3 Å². The Morgan fingerprint density at radius 1 is 0.974 bits per heavy atom. The van der Waals surface area contributed by atoms with Crippen molar-refractivity contribution in [3.8, 4) is 28.3 Å². The Kier molecular flexibility index (Phi) is 7.50. The minimum atomic E-state index is -3.89. The molecule has 1 aliphatic heterocycles. The minimum Gasteiger partial charge on any atom is -0.484 e. The van der Waals surface area contributed by atoms with Gasteiger partial charge in [-0.3, -0.25) is 0 Å². The lowest BCUT2D eigenvalue weighted by Gasteiger charge is -2.36. The summed E-state index contributed by atoms with van der Waals surface area (Å²) < 4.78 is 75.0. The maximum Gasteiger partial charge on any atom is 0.238 e. The molecule has 2 N–H and O–H groups in total. The maximum atomic E-state index is 14.6. The van der Waals surface area contributed by atoms with Crippen LogP contribution in [0.4, 0.5) is 8.78 Å². The third-order valence-corrected chi connectivity index (χ3v) is 7.59. The Morgan fingerprint density at radius 2 is 1.72 bits per heavy atom. The van der Waals surface area contributed by atoms with Crippen molar-refractivity contribution in [2.75, 3.05) is 20.3 Å². The molecule has 1 saturated heterocycles. The van der Waals surface area contributed by atoms with E-state index in [0.717, 1.165) is 0 Å². The van der Waals surface area contributed by atoms with E-state index in [2.05, 4.69) is 4.98 Å². The quantitative estimate of drug-likeness (QED) is 0.319. The zero-order valence-electron chi connectivity index (χ0n) is 21.0. The Morgan fingerprint density at radius 3 is 2.38 bits per heavy atom. The maximum absolute atomic E-state index is 14.6. The number of halogens is 2. The molecule has 1 aromatic heterocycles. The Balaban J connectivity index is 1.46. The fourth-order valence-electron chi connectivity index (χ4n) is 4.62. The van der Waals surface area contributed by atoms with Gasteiger partial charge in [0.15, 0.2) is 12.4 Å². The van der Waals surface area contributed by atoms with Crippen molar-refractivity contribution in [3.05, 3.63) is 89.8 Å². The lowest BCUT2D eigenvalue weighted by Crippen LogP contribution is -2.35. The molecule has 204 valence electrons. The van der Waals surface area contributed by atoms with Crippen LogP contribution in [0, 0.1) is 11.6 Å². The van der Waals surface area contributed by atoms with Crippen LogP contribution in [0.3, 0.4) is 0 Å². The van der Waals surface area contributed by atoms with Gasteiger partial charge in [0.05, 0.1) is 10.5 Å². The molecule has 4 aromatic rings. The van der Waals surface area contributed by atoms with Crippen molar-refractivity contribution >= 4 is 10.0 Å². The lowest BCUT2D eigenvalue weighted by molar-refractivity contribution is -0.0950. The fourth-order valence-corrected chi connectivity index (χ4v) is 5.13. The van der Waals surface area contributed by atoms with Crippen LogP contribution in [0.25, 0.3) is 22.6 Å². The summed E-state index contributed by atoms with van der Waals surface area (Å²) in [5.41, 5.74) is 1.26. The molecule has 11 heteroatoms. The summed E-state index contributed by atoms with van der Waals surface area (Å²) in [5, 5.41) is 5.21. The van der Waals surface area contributed by atoms with Gasteiger partial charge < -0.3 is 18.6 Å². The SMILES string of the molecule is COC1(c2cc(F)cc(OCc3nc(-c4ccc(S(N)(=O)=O)cc4)c(-c4cccc(F)c4)o3)c2)CCOCC1. The van der Waals surface area contributed by atoms with Crippen LogP contribution in [-0.2, 0) is 31.7 Å². The summed E-state index contributed by atoms with van der Waals surface area (Å²) in [6.07, 6.45) is 1.16. The van der Waals surface area contributed by atoms with Crippen LogP contribution in [-0.4, -0.2) is 33.7 Å². The van der Waals surface area contributed by atoms with Crippen molar-refractivity contribution in [2.24, 2.45) is 5.14 Å². The molecule has 0 radical (unpaired) electrons. The average Bonchev–Trinajstić information content (AvgIpc) is 3.36. The average molecular weight is 557 g/mol. The molecule has 1 aliphatic rings. The number of rotatable bonds is 8. The van der Waals surface area contributed by atoms with Crippen molar-refractivity contribution < 1.29 is 35.8 Å². The van der Waals surface area contributed by atoms with Crippen LogP contribution in [0.2, 0.25) is 0 Å². The number of primary sulfonamides is 1. The second-order valence-corrected chi connectivity index (χ2v) is 10.7. The van der Waals surface area contributed by atoms with Crippen molar-refractivity contribution in [1.82, 2.24) is 4.98 Å². The molecule has 39 heavy (non-hydrogen) atoms. The summed E-state index contributed by atoms with van der Waals surface area (Å²) >= 11 is 0. The molecule has 0 atom stereocenters. The third kappa shape index (κ3) is 5.86. The standard InChI is InChI=1S/C28H26F2N2O6S/c1-35-28(9-11-36-12-10-28)20-14-22(30)16-23(15-20)37-17-25-32-26(18-5-7-24(8-6-18)39(31,33)34)27(38-25)19-3-2-4-21(29)13-19/h2-8,13-16H,9-12,17H2,1H3,(H2,31,33,34). The predicted octanol–water partition coefficient (Wildman–Crippen LogP) is 5.17. The van der Waals surface area contributed by atoms with Gasteiger partial charge >= 0.3 is 0 Å². The second kappa shape index (κ2) is 10.9. The number of hydrogen-bond acceptors (Lipinski definition) is 7. The second-order valence-electron chi connectivity index (χ2n) is 9.14. The fraction of sp³-hybridized carbons (Fsp3) is 0.250. The first kappa shape index (κ1) is 26.9. The van der Waals surface area contributed by atoms with E-state index in [1.54, 1.807) is 19.2 Å². The molecule has 1 fully saturated rings. The highest BCUT2D eigenvalue weighted by molar-refractivity contribution is 7.89. The van der Waals surface area contributed by atoms with Gasteiger partial charge in [-0.1, -0.05) is 24.3 Å². The lowest BCUT2D eigenvalue weighted by atomic mass is 9.86. The minimum absolute atomic E-state index is 0.0640. The zero-order valence-corrected chi connectivity index (χ0v) is 21.8. The van der Waals surface area contributed by atoms with Crippen molar-refractivity contribution in [2.45, 2.75) is 29.9 Å². The highest BCUT2D eigenvalue weighted by Crippen LogP contribution is 2.38. The zero-order chi connectivity index (χ0) is 27.6. The first-order valence-corrected chi connectivity index (χ1v) is 13.7. The molecule has 0 saturated carbocycles. The number of ether oxygens (including phenoxy) is 3. The highest BCUT2D eigenvalue weighted by Gasteiger charge is 2.35. The largest absolute Gasteiger partial charge is 0.484 e. The normalized spacial score (nSPS) is 15.3. The van der Waals surface area contributed by atoms with Crippen LogP contribution in [0.5, 0.6) is 5.75 Å². The number of aromatic nitrogens is 1. The molecular weight excluding hydrogens is 530 g/mol. The van der Waals surface area contributed by atoms with Gasteiger partial charge in [0, 0.05) is 50.4 Å². The summed E-state index contributed by atoms with van der Waals surface area (Å²) in [7, 11) is -2.29. The Hall–Kier alpha value is -3.64. The number of nitrogens with two attached hydrogens (primary N) is 1. The monoisotopic (exact) mass is 556 g/mol. The third-order valence-electron chi connectivity index (χ3n) is 6.67. The van der Waals surface area contributed by atoms with E-state index in [4.69, 9.17) is 23.8 Å². The number of sulfonamides is 1. The van der Waals surface area contributed by atoms with Crippen LogP contribution < -0.4 is 9.88 Å². The van der Waals surface area contributed by atoms with Crippen LogP contribution in [0.1, 0.15) is 24.3 Å². The molecule has 5 rings (SSSR count). The summed E-state index contributed by atoms with van der Waals surface area (Å²) in [5.74, 6) is -0.272. The highest BCUT2D eigenvalue weighted by atomic mass is 32.2. The van der Waals surface area contributed by atoms with Gasteiger partial charge in [0.1, 0.15) is 23.1 Å². The molecule has 3 aromatic carbocycles. The molecule has 0 bridgehead atoms. The Labute approximate surface area is 224 Å². The summed E-state index contributed by atoms with van der Waals surface area (Å²) in [6.45, 7) is 0.852. The number of oxazole rings is 1. The van der Waals surface area contributed by atoms with Gasteiger partial charge in [-0.15, -0.1) is 0 Å². The van der Waals surface area contributed by atoms with E-state index in [-0.39, 0.29) is 28.9 Å². The van der Waals surface area contributed by atoms with E-state index < -0.39 is 27.3 Å². The molecular formula is C28H26F2N2O6S. The van der Waals surface area contributed by atoms with Gasteiger partial charge in [0.2, 0.25) is 15.9 Å². The molecule has 8 nitrogen and oxygen atoms in total. The van der Waals surface area contributed by atoms with E-state index in [9.17, 15) is 17.2 Å². The van der Waals surface area contributed by atoms with Crippen molar-refractivity contribution in [1.29, 1.82) is 0 Å². The first-order chi connectivity index (χ1) is 18.7. The van der Waals surface area contributed by atoms with Gasteiger partial charge in [0.25, 0.3) is 0 Å². The van der Waals surface area contributed by atoms with Crippen molar-refractivity contribution in [3.63, 3.8) is 0 Å². The van der Waals surface area contributed by atoms with Gasteiger partial charge in [-0.05, 0) is 42.0 Å². The summed E-state index contributed by atoms with van der Waals surface area (Å²) in [6, 6.07) is 16.0. The molecule has 2 heterocycles. The summed E-state index contributed by atoms with van der Waals surface area (Å²) in [4.78, 5) is 4.46. The van der Waals surface area contributed by atoms with Gasteiger partial charge in [-0.2, -0.15) is 0 Å². The number of benzene rings is 3. The molecule has 0 spiro atoms. The molecule has 0 amide bonds. The van der Waals surface area contributed by atoms with E-state index in [1.807, 2.05) is 0 Å². The first-order valence-electron chi connectivity index (χ1n) is 12.1. The topological polar surface area (TPSA) is 114 Å².